The van der Waals surface area contributed by atoms with Crippen LogP contribution in [-0.4, -0.2) is 29.0 Å². The van der Waals surface area contributed by atoms with Crippen LogP contribution < -0.4 is 4.74 Å². The minimum atomic E-state index is -2.89. The van der Waals surface area contributed by atoms with Crippen LogP contribution in [0, 0.1) is 20.8 Å². The van der Waals surface area contributed by atoms with Crippen molar-refractivity contribution in [3.63, 3.8) is 0 Å². The van der Waals surface area contributed by atoms with Crippen LogP contribution in [0.25, 0.3) is 5.69 Å². The van der Waals surface area contributed by atoms with E-state index in [9.17, 15) is 18.4 Å². The maximum absolute atomic E-state index is 12.9. The molecule has 0 saturated carbocycles. The van der Waals surface area contributed by atoms with Crippen LogP contribution in [0.1, 0.15) is 43.9 Å². The van der Waals surface area contributed by atoms with E-state index in [2.05, 4.69) is 4.74 Å². The third-order valence-corrected chi connectivity index (χ3v) is 5.71. The number of aromatic nitrogens is 1. The molecule has 3 aromatic rings. The molecular weight excluding hydrogens is 412 g/mol. The molecule has 0 aliphatic rings. The van der Waals surface area contributed by atoms with Gasteiger partial charge in [-0.2, -0.15) is 8.78 Å². The highest BCUT2D eigenvalue weighted by molar-refractivity contribution is 7.12. The molecule has 0 fully saturated rings. The summed E-state index contributed by atoms with van der Waals surface area (Å²) in [6, 6.07) is 9.69. The van der Waals surface area contributed by atoms with Gasteiger partial charge in [-0.25, -0.2) is 4.79 Å². The van der Waals surface area contributed by atoms with E-state index in [4.69, 9.17) is 4.74 Å². The van der Waals surface area contributed by atoms with Crippen molar-refractivity contribution >= 4 is 23.1 Å². The first-order valence-electron chi connectivity index (χ1n) is 9.22. The average molecular weight is 433 g/mol. The second kappa shape index (κ2) is 8.79. The zero-order chi connectivity index (χ0) is 22.0. The SMILES string of the molecule is Cc1ccsc1C(=O)OC(C)C(=O)c1cc(C)n(-c2ccc(OC(F)F)cc2)c1C. The van der Waals surface area contributed by atoms with Gasteiger partial charge in [0.15, 0.2) is 6.10 Å². The molecule has 8 heteroatoms. The Morgan fingerprint density at radius 3 is 2.30 bits per heavy atom. The first kappa shape index (κ1) is 21.7. The van der Waals surface area contributed by atoms with Crippen LogP contribution >= 0.6 is 11.3 Å². The summed E-state index contributed by atoms with van der Waals surface area (Å²) in [6.07, 6.45) is -0.949. The number of ketones is 1. The molecule has 5 nitrogen and oxygen atoms in total. The van der Waals surface area contributed by atoms with E-state index in [0.717, 1.165) is 11.3 Å². The highest BCUT2D eigenvalue weighted by Gasteiger charge is 2.25. The zero-order valence-electron chi connectivity index (χ0n) is 16.9. The fourth-order valence-electron chi connectivity index (χ4n) is 3.25. The number of aryl methyl sites for hydroxylation is 2. The zero-order valence-corrected chi connectivity index (χ0v) is 17.8. The predicted octanol–water partition coefficient (Wildman–Crippen LogP) is 5.49. The van der Waals surface area contributed by atoms with Crippen molar-refractivity contribution in [3.05, 3.63) is 69.2 Å². The Hall–Kier alpha value is -3.00. The van der Waals surface area contributed by atoms with Crippen LogP contribution in [0.5, 0.6) is 5.75 Å². The third kappa shape index (κ3) is 4.43. The lowest BCUT2D eigenvalue weighted by Crippen LogP contribution is -2.24. The summed E-state index contributed by atoms with van der Waals surface area (Å²) in [5, 5.41) is 1.80. The van der Waals surface area contributed by atoms with Crippen LogP contribution in [0.2, 0.25) is 0 Å². The Morgan fingerprint density at radius 2 is 1.73 bits per heavy atom. The molecule has 0 amide bonds. The number of thiophene rings is 1. The summed E-state index contributed by atoms with van der Waals surface area (Å²) in [5.74, 6) is -0.779. The first-order chi connectivity index (χ1) is 14.2. The van der Waals surface area contributed by atoms with E-state index in [1.54, 1.807) is 37.4 Å². The summed E-state index contributed by atoms with van der Waals surface area (Å²) in [6.45, 7) is 4.08. The van der Waals surface area contributed by atoms with E-state index < -0.39 is 18.7 Å². The Bertz CT molecular complexity index is 1070. The average Bonchev–Trinajstić information content (AvgIpc) is 3.24. The van der Waals surface area contributed by atoms with Gasteiger partial charge in [-0.3, -0.25) is 4.79 Å². The number of halogens is 2. The predicted molar refractivity (Wildman–Crippen MR) is 110 cm³/mol. The minimum absolute atomic E-state index is 0.0527. The van der Waals surface area contributed by atoms with Gasteiger partial charge < -0.3 is 14.0 Å². The Labute approximate surface area is 176 Å². The van der Waals surface area contributed by atoms with Gasteiger partial charge in [-0.1, -0.05) is 0 Å². The van der Waals surface area contributed by atoms with Crippen LogP contribution in [0.4, 0.5) is 8.78 Å². The summed E-state index contributed by atoms with van der Waals surface area (Å²) in [4.78, 5) is 25.7. The molecule has 1 atom stereocenters. The van der Waals surface area contributed by atoms with Gasteiger partial charge in [0.2, 0.25) is 5.78 Å². The van der Waals surface area contributed by atoms with Crippen molar-refractivity contribution in [2.24, 2.45) is 0 Å². The topological polar surface area (TPSA) is 57.5 Å². The quantitative estimate of drug-likeness (QED) is 0.365. The normalized spacial score (nSPS) is 12.1. The molecule has 0 N–H and O–H groups in total. The number of hydrogen-bond acceptors (Lipinski definition) is 5. The number of alkyl halides is 2. The van der Waals surface area contributed by atoms with E-state index in [1.165, 1.54) is 23.5 Å². The second-order valence-electron chi connectivity index (χ2n) is 6.84. The molecule has 0 aliphatic heterocycles. The van der Waals surface area contributed by atoms with Gasteiger partial charge in [-0.15, -0.1) is 11.3 Å². The van der Waals surface area contributed by atoms with E-state index >= 15 is 0 Å². The lowest BCUT2D eigenvalue weighted by Gasteiger charge is -2.13. The highest BCUT2D eigenvalue weighted by atomic mass is 32.1. The van der Waals surface area contributed by atoms with Crippen LogP contribution in [0.15, 0.2) is 41.8 Å². The molecule has 0 aliphatic carbocycles. The van der Waals surface area contributed by atoms with Crippen LogP contribution in [-0.2, 0) is 4.74 Å². The van der Waals surface area contributed by atoms with Gasteiger partial charge in [0.1, 0.15) is 10.6 Å². The third-order valence-electron chi connectivity index (χ3n) is 4.72. The molecule has 158 valence electrons. The van der Waals surface area contributed by atoms with E-state index in [-0.39, 0.29) is 11.5 Å². The van der Waals surface area contributed by atoms with E-state index in [0.29, 0.717) is 21.8 Å². The van der Waals surface area contributed by atoms with Gasteiger partial charge in [-0.05, 0) is 75.0 Å². The molecular formula is C22H21F2NO4S. The number of nitrogens with zero attached hydrogens (tertiary/aromatic N) is 1. The van der Waals surface area contributed by atoms with Crippen molar-refractivity contribution in [2.75, 3.05) is 0 Å². The van der Waals surface area contributed by atoms with Gasteiger partial charge >= 0.3 is 12.6 Å². The van der Waals surface area contributed by atoms with Gasteiger partial charge in [0.25, 0.3) is 0 Å². The number of ether oxygens (including phenoxy) is 2. The summed E-state index contributed by atoms with van der Waals surface area (Å²) in [7, 11) is 0. The van der Waals surface area contributed by atoms with Crippen molar-refractivity contribution in [3.8, 4) is 11.4 Å². The number of carbonyl (C=O) groups excluding carboxylic acids is 2. The maximum Gasteiger partial charge on any atom is 0.387 e. The van der Waals surface area contributed by atoms with E-state index in [1.807, 2.05) is 24.5 Å². The molecule has 2 aromatic heterocycles. The summed E-state index contributed by atoms with van der Waals surface area (Å²) in [5.41, 5.74) is 3.39. The first-order valence-corrected chi connectivity index (χ1v) is 10.1. The molecule has 0 radical (unpaired) electrons. The Kier molecular flexibility index (Phi) is 6.36. The minimum Gasteiger partial charge on any atom is -0.450 e. The molecule has 0 bridgehead atoms. The fraction of sp³-hybridized carbons (Fsp3) is 0.273. The standard InChI is InChI=1S/C22H21F2NO4S/c1-12-9-10-30-20(12)21(27)28-15(4)19(26)18-11-13(2)25(14(18)3)16-5-7-17(8-6-16)29-22(23)24/h5-11,15,22H,1-4H3. The molecule has 1 aromatic carbocycles. The van der Waals surface area contributed by atoms with Crippen molar-refractivity contribution in [1.82, 2.24) is 4.57 Å². The van der Waals surface area contributed by atoms with Gasteiger partial charge in [0, 0.05) is 22.6 Å². The maximum atomic E-state index is 12.9. The number of benzene rings is 1. The molecule has 0 spiro atoms. The van der Waals surface area contributed by atoms with Gasteiger partial charge in [0.05, 0.1) is 0 Å². The lowest BCUT2D eigenvalue weighted by molar-refractivity contribution is -0.0498. The number of esters is 1. The molecule has 0 saturated heterocycles. The second-order valence-corrected chi connectivity index (χ2v) is 7.75. The van der Waals surface area contributed by atoms with Crippen molar-refractivity contribution in [1.29, 1.82) is 0 Å². The molecule has 1 unspecified atom stereocenters. The Balaban J connectivity index is 1.81. The molecule has 2 heterocycles. The lowest BCUT2D eigenvalue weighted by atomic mass is 10.1. The largest absolute Gasteiger partial charge is 0.450 e. The Morgan fingerprint density at radius 1 is 1.07 bits per heavy atom. The summed E-state index contributed by atoms with van der Waals surface area (Å²) < 4.78 is 36.3. The number of rotatable bonds is 7. The van der Waals surface area contributed by atoms with Crippen molar-refractivity contribution < 1.29 is 27.8 Å². The van der Waals surface area contributed by atoms with Crippen LogP contribution in [0.3, 0.4) is 0 Å². The molecule has 3 rings (SSSR count). The monoisotopic (exact) mass is 433 g/mol. The fourth-order valence-corrected chi connectivity index (χ4v) is 4.06. The number of carbonyl (C=O) groups is 2. The smallest absolute Gasteiger partial charge is 0.387 e. The van der Waals surface area contributed by atoms with Crippen molar-refractivity contribution in [2.45, 2.75) is 40.4 Å². The highest BCUT2D eigenvalue weighted by Crippen LogP contribution is 2.25. The summed E-state index contributed by atoms with van der Waals surface area (Å²) >= 11 is 1.27. The number of Topliss-reactive ketones (excluding diaryl/α,β-unsaturated/α-hetero) is 1. The molecule has 30 heavy (non-hydrogen) atoms. The number of hydrogen-bond donors (Lipinski definition) is 0.